The Morgan fingerprint density at radius 2 is 2.04 bits per heavy atom. The van der Waals surface area contributed by atoms with Crippen LogP contribution in [0, 0.1) is 0 Å². The number of aliphatic hydroxyl groups excluding tert-OH is 2. The monoisotopic (exact) mass is 439 g/mol. The van der Waals surface area contributed by atoms with Crippen molar-refractivity contribution in [2.75, 3.05) is 10.8 Å². The Labute approximate surface area is 158 Å². The highest BCUT2D eigenvalue weighted by Gasteiger charge is 2.43. The molecule has 1 aromatic heterocycles. The second kappa shape index (κ2) is 8.21. The topological polar surface area (TPSA) is 205 Å². The molecule has 1 fully saturated rings. The van der Waals surface area contributed by atoms with Gasteiger partial charge in [0.1, 0.15) is 24.1 Å². The standard InChI is InChI=1S/C13H18N3O10PS/c1-7(17)14-9-2-4-16(13(20)15-9)12-11(19)10(18)8(26-12)3-5-28(24,25)6-27(21,22)23/h2-5,8,10-12,18-19H,6H2,1H3,(H2,21,22,23)(H,14,15,17,20)/b5-3+/t8-,10-,11-,12-/m1/s1. The van der Waals surface area contributed by atoms with Crippen molar-refractivity contribution in [1.29, 1.82) is 0 Å². The molecule has 0 aromatic carbocycles. The van der Waals surface area contributed by atoms with Gasteiger partial charge in [0.05, 0.1) is 0 Å². The zero-order valence-electron chi connectivity index (χ0n) is 14.3. The number of ether oxygens (including phenoxy) is 1. The molecule has 2 heterocycles. The molecule has 2 rings (SSSR count). The number of aromatic nitrogens is 2. The number of sulfone groups is 1. The van der Waals surface area contributed by atoms with Crippen LogP contribution in [0.2, 0.25) is 0 Å². The van der Waals surface area contributed by atoms with E-state index in [0.29, 0.717) is 5.41 Å². The molecule has 0 aliphatic carbocycles. The summed E-state index contributed by atoms with van der Waals surface area (Å²) in [6.07, 6.45) is -4.10. The molecule has 1 aromatic rings. The number of amides is 1. The largest absolute Gasteiger partial charge is 0.387 e. The van der Waals surface area contributed by atoms with Crippen molar-refractivity contribution in [3.05, 3.63) is 34.2 Å². The quantitative estimate of drug-likeness (QED) is 0.303. The maximum Gasteiger partial charge on any atom is 0.351 e. The van der Waals surface area contributed by atoms with E-state index < -0.39 is 59.1 Å². The number of carbonyl (C=O) groups excluding carboxylic acids is 1. The predicted octanol–water partition coefficient (Wildman–Crippen LogP) is -2.12. The Morgan fingerprint density at radius 1 is 1.39 bits per heavy atom. The summed E-state index contributed by atoms with van der Waals surface area (Å²) in [5.74, 6) is -0.499. The molecule has 1 aliphatic rings. The second-order valence-corrected chi connectivity index (χ2v) is 9.90. The van der Waals surface area contributed by atoms with Gasteiger partial charge in [-0.1, -0.05) is 0 Å². The van der Waals surface area contributed by atoms with E-state index in [-0.39, 0.29) is 5.82 Å². The summed E-state index contributed by atoms with van der Waals surface area (Å²) in [7, 11) is -9.15. The molecular formula is C13H18N3O10PS. The van der Waals surface area contributed by atoms with Crippen LogP contribution in [0.25, 0.3) is 0 Å². The van der Waals surface area contributed by atoms with Gasteiger partial charge in [0, 0.05) is 18.5 Å². The average molecular weight is 439 g/mol. The highest BCUT2D eigenvalue weighted by Crippen LogP contribution is 2.36. The van der Waals surface area contributed by atoms with Crippen LogP contribution in [0.4, 0.5) is 5.82 Å². The van der Waals surface area contributed by atoms with Crippen LogP contribution in [-0.4, -0.2) is 67.7 Å². The SMILES string of the molecule is CC(=O)Nc1ccn([C@@H]2O[C@H](/C=C/S(=O)(=O)CP(=O)(O)O)[C@@H](O)[C@H]2O)c(=O)n1. The van der Waals surface area contributed by atoms with Crippen LogP contribution < -0.4 is 11.0 Å². The number of rotatable bonds is 6. The third-order valence-electron chi connectivity index (χ3n) is 3.51. The van der Waals surface area contributed by atoms with Crippen molar-refractivity contribution in [2.45, 2.75) is 31.5 Å². The molecule has 1 aliphatic heterocycles. The Balaban J connectivity index is 2.21. The molecule has 0 unspecified atom stereocenters. The molecule has 0 saturated carbocycles. The minimum absolute atomic E-state index is 0.0400. The highest BCUT2D eigenvalue weighted by molar-refractivity contribution is 7.99. The van der Waals surface area contributed by atoms with Gasteiger partial charge in [-0.3, -0.25) is 13.9 Å². The zero-order valence-corrected chi connectivity index (χ0v) is 16.0. The number of carbonyl (C=O) groups is 1. The van der Waals surface area contributed by atoms with Crippen LogP contribution in [0.15, 0.2) is 28.5 Å². The van der Waals surface area contributed by atoms with Gasteiger partial charge >= 0.3 is 13.3 Å². The van der Waals surface area contributed by atoms with Crippen molar-refractivity contribution in [2.24, 2.45) is 0 Å². The molecule has 28 heavy (non-hydrogen) atoms. The highest BCUT2D eigenvalue weighted by atomic mass is 32.2. The lowest BCUT2D eigenvalue weighted by molar-refractivity contribution is -0.114. The summed E-state index contributed by atoms with van der Waals surface area (Å²) in [5, 5.41) is 22.9. The van der Waals surface area contributed by atoms with Crippen molar-refractivity contribution < 1.29 is 42.5 Å². The van der Waals surface area contributed by atoms with E-state index in [1.165, 1.54) is 13.0 Å². The lowest BCUT2D eigenvalue weighted by atomic mass is 10.1. The molecule has 4 atom stereocenters. The Kier molecular flexibility index (Phi) is 6.55. The predicted molar refractivity (Wildman–Crippen MR) is 93.7 cm³/mol. The number of nitrogens with zero attached hydrogens (tertiary/aromatic N) is 2. The van der Waals surface area contributed by atoms with E-state index >= 15 is 0 Å². The van der Waals surface area contributed by atoms with Gasteiger partial charge in [0.15, 0.2) is 21.6 Å². The van der Waals surface area contributed by atoms with Crippen LogP contribution in [-0.2, 0) is 23.9 Å². The number of nitrogens with one attached hydrogen (secondary N) is 1. The Morgan fingerprint density at radius 3 is 2.57 bits per heavy atom. The van der Waals surface area contributed by atoms with Crippen LogP contribution in [0.5, 0.6) is 0 Å². The van der Waals surface area contributed by atoms with E-state index in [9.17, 15) is 32.8 Å². The molecule has 15 heteroatoms. The minimum Gasteiger partial charge on any atom is -0.387 e. The first-order valence-corrected chi connectivity index (χ1v) is 11.1. The smallest absolute Gasteiger partial charge is 0.351 e. The van der Waals surface area contributed by atoms with E-state index in [1.54, 1.807) is 0 Å². The van der Waals surface area contributed by atoms with Gasteiger partial charge in [-0.05, 0) is 12.1 Å². The van der Waals surface area contributed by atoms with Crippen LogP contribution >= 0.6 is 7.60 Å². The number of hydrogen-bond donors (Lipinski definition) is 5. The summed E-state index contributed by atoms with van der Waals surface area (Å²) in [4.78, 5) is 44.1. The normalized spacial score (nSPS) is 25.9. The minimum atomic E-state index is -4.83. The number of hydrogen-bond acceptors (Lipinski definition) is 9. The molecular weight excluding hydrogens is 421 g/mol. The molecule has 1 amide bonds. The Hall–Kier alpha value is -1.93. The Bertz CT molecular complexity index is 985. The fourth-order valence-electron chi connectivity index (χ4n) is 2.41. The van der Waals surface area contributed by atoms with Gasteiger partial charge in [0.25, 0.3) is 0 Å². The fourth-order valence-corrected chi connectivity index (χ4v) is 5.02. The summed E-state index contributed by atoms with van der Waals surface area (Å²) in [6.45, 7) is 1.21. The summed E-state index contributed by atoms with van der Waals surface area (Å²) >= 11 is 0. The van der Waals surface area contributed by atoms with E-state index in [2.05, 4.69) is 10.3 Å². The number of aliphatic hydroxyl groups is 2. The van der Waals surface area contributed by atoms with Crippen LogP contribution in [0.3, 0.4) is 0 Å². The summed E-state index contributed by atoms with van der Waals surface area (Å²) in [5.41, 5.74) is -2.35. The van der Waals surface area contributed by atoms with Crippen molar-refractivity contribution >= 4 is 29.2 Å². The van der Waals surface area contributed by atoms with Crippen molar-refractivity contribution in [3.8, 4) is 0 Å². The maximum absolute atomic E-state index is 12.1. The van der Waals surface area contributed by atoms with E-state index in [0.717, 1.165) is 16.8 Å². The molecule has 13 nitrogen and oxygen atoms in total. The summed E-state index contributed by atoms with van der Waals surface area (Å²) in [6, 6.07) is 1.25. The van der Waals surface area contributed by atoms with Gasteiger partial charge in [-0.15, -0.1) is 0 Å². The molecule has 0 spiro atoms. The average Bonchev–Trinajstić information content (AvgIpc) is 2.78. The van der Waals surface area contributed by atoms with E-state index in [1.807, 2.05) is 0 Å². The van der Waals surface area contributed by atoms with Gasteiger partial charge in [0.2, 0.25) is 5.91 Å². The van der Waals surface area contributed by atoms with Gasteiger partial charge in [-0.2, -0.15) is 4.98 Å². The van der Waals surface area contributed by atoms with Crippen molar-refractivity contribution in [1.82, 2.24) is 9.55 Å². The molecule has 0 radical (unpaired) electrons. The first-order chi connectivity index (χ1) is 12.8. The third kappa shape index (κ3) is 5.78. The molecule has 5 N–H and O–H groups in total. The lowest BCUT2D eigenvalue weighted by Crippen LogP contribution is -2.35. The second-order valence-electron chi connectivity index (χ2n) is 5.94. The van der Waals surface area contributed by atoms with Gasteiger partial charge < -0.3 is 30.1 Å². The number of anilines is 1. The van der Waals surface area contributed by atoms with Crippen molar-refractivity contribution in [3.63, 3.8) is 0 Å². The molecule has 0 bridgehead atoms. The van der Waals surface area contributed by atoms with E-state index in [4.69, 9.17) is 14.5 Å². The maximum atomic E-state index is 12.1. The van der Waals surface area contributed by atoms with Crippen LogP contribution in [0.1, 0.15) is 13.2 Å². The van der Waals surface area contributed by atoms with Gasteiger partial charge in [-0.25, -0.2) is 13.2 Å². The zero-order chi connectivity index (χ0) is 21.3. The molecule has 156 valence electrons. The fraction of sp³-hybridized carbons (Fsp3) is 0.462. The first-order valence-electron chi connectivity index (χ1n) is 7.63. The third-order valence-corrected chi connectivity index (χ3v) is 6.86. The summed E-state index contributed by atoms with van der Waals surface area (Å²) < 4.78 is 40.2. The molecule has 1 saturated heterocycles. The first kappa shape index (κ1) is 22.4. The lowest BCUT2D eigenvalue weighted by Gasteiger charge is -2.17.